The SMILES string of the molecule is COC(=O)CCSCc1ccc(CNC(C)(C)C)o1. The molecule has 1 rings (SSSR count). The molecule has 0 spiro atoms. The van der Waals surface area contributed by atoms with E-state index in [-0.39, 0.29) is 11.5 Å². The van der Waals surface area contributed by atoms with Crippen molar-refractivity contribution in [2.75, 3.05) is 12.9 Å². The maximum atomic E-state index is 10.9. The Morgan fingerprint density at radius 2 is 2.05 bits per heavy atom. The number of carbonyl (C=O) groups is 1. The third kappa shape index (κ3) is 7.28. The maximum Gasteiger partial charge on any atom is 0.306 e. The molecular formula is C14H23NO3S. The molecule has 19 heavy (non-hydrogen) atoms. The maximum absolute atomic E-state index is 10.9. The summed E-state index contributed by atoms with van der Waals surface area (Å²) in [6, 6.07) is 3.99. The minimum atomic E-state index is -0.165. The monoisotopic (exact) mass is 285 g/mol. The molecule has 5 heteroatoms. The number of esters is 1. The molecule has 0 amide bonds. The van der Waals surface area contributed by atoms with Gasteiger partial charge in [0.25, 0.3) is 0 Å². The zero-order valence-corrected chi connectivity index (χ0v) is 12.9. The molecule has 0 saturated carbocycles. The van der Waals surface area contributed by atoms with Crippen molar-refractivity contribution in [3.8, 4) is 0 Å². The lowest BCUT2D eigenvalue weighted by Crippen LogP contribution is -2.34. The van der Waals surface area contributed by atoms with Crippen molar-refractivity contribution >= 4 is 17.7 Å². The van der Waals surface area contributed by atoms with Crippen LogP contribution in [0.25, 0.3) is 0 Å². The highest BCUT2D eigenvalue weighted by atomic mass is 32.2. The summed E-state index contributed by atoms with van der Waals surface area (Å²) in [5.74, 6) is 3.26. The highest BCUT2D eigenvalue weighted by molar-refractivity contribution is 7.98. The average Bonchev–Trinajstić information content (AvgIpc) is 2.79. The normalized spacial score (nSPS) is 11.6. The van der Waals surface area contributed by atoms with E-state index in [0.717, 1.165) is 29.6 Å². The van der Waals surface area contributed by atoms with E-state index >= 15 is 0 Å². The summed E-state index contributed by atoms with van der Waals surface area (Å²) in [5.41, 5.74) is 0.0855. The molecule has 0 bridgehead atoms. The predicted molar refractivity (Wildman–Crippen MR) is 78.1 cm³/mol. The Labute approximate surface area is 119 Å². The van der Waals surface area contributed by atoms with Crippen LogP contribution in [0.1, 0.15) is 38.7 Å². The topological polar surface area (TPSA) is 51.5 Å². The Balaban J connectivity index is 2.25. The third-order valence-corrected chi connectivity index (χ3v) is 3.41. The second kappa shape index (κ2) is 7.60. The molecule has 4 nitrogen and oxygen atoms in total. The fourth-order valence-electron chi connectivity index (χ4n) is 1.38. The van der Waals surface area contributed by atoms with E-state index in [2.05, 4.69) is 30.8 Å². The van der Waals surface area contributed by atoms with Gasteiger partial charge in [-0.05, 0) is 32.9 Å². The van der Waals surface area contributed by atoms with Gasteiger partial charge in [0.05, 0.1) is 25.8 Å². The van der Waals surface area contributed by atoms with E-state index in [1.165, 1.54) is 7.11 Å². The highest BCUT2D eigenvalue weighted by Gasteiger charge is 2.10. The minimum absolute atomic E-state index is 0.0855. The molecule has 0 unspecified atom stereocenters. The molecule has 1 aromatic heterocycles. The van der Waals surface area contributed by atoms with Gasteiger partial charge in [0, 0.05) is 11.3 Å². The van der Waals surface area contributed by atoms with Crippen LogP contribution in [-0.4, -0.2) is 24.4 Å². The molecule has 1 aromatic rings. The molecule has 1 N–H and O–H groups in total. The van der Waals surface area contributed by atoms with Crippen LogP contribution < -0.4 is 5.32 Å². The van der Waals surface area contributed by atoms with Gasteiger partial charge in [-0.1, -0.05) is 0 Å². The largest absolute Gasteiger partial charge is 0.469 e. The Morgan fingerprint density at radius 1 is 1.37 bits per heavy atom. The first-order valence-corrected chi connectivity index (χ1v) is 7.53. The number of nitrogens with one attached hydrogen (secondary N) is 1. The quantitative estimate of drug-likeness (QED) is 0.616. The molecule has 0 atom stereocenters. The molecular weight excluding hydrogens is 262 g/mol. The Kier molecular flexibility index (Phi) is 6.45. The van der Waals surface area contributed by atoms with Crippen LogP contribution >= 0.6 is 11.8 Å². The molecule has 0 aliphatic heterocycles. The van der Waals surface area contributed by atoms with E-state index in [4.69, 9.17) is 4.42 Å². The van der Waals surface area contributed by atoms with Gasteiger partial charge in [-0.25, -0.2) is 0 Å². The van der Waals surface area contributed by atoms with Gasteiger partial charge in [-0.3, -0.25) is 4.79 Å². The standard InChI is InChI=1S/C14H23NO3S/c1-14(2,3)15-9-11-5-6-12(18-11)10-19-8-7-13(16)17-4/h5-6,15H,7-10H2,1-4H3. The van der Waals surface area contributed by atoms with Gasteiger partial charge < -0.3 is 14.5 Å². The summed E-state index contributed by atoms with van der Waals surface area (Å²) in [7, 11) is 1.41. The number of methoxy groups -OCH3 is 1. The van der Waals surface area contributed by atoms with Crippen LogP contribution in [0.4, 0.5) is 0 Å². The molecule has 0 aromatic carbocycles. The van der Waals surface area contributed by atoms with Crippen molar-refractivity contribution < 1.29 is 13.9 Å². The number of hydrogen-bond acceptors (Lipinski definition) is 5. The van der Waals surface area contributed by atoms with Crippen molar-refractivity contribution in [3.63, 3.8) is 0 Å². The highest BCUT2D eigenvalue weighted by Crippen LogP contribution is 2.16. The smallest absolute Gasteiger partial charge is 0.306 e. The first-order valence-electron chi connectivity index (χ1n) is 6.38. The second-order valence-electron chi connectivity index (χ2n) is 5.35. The van der Waals surface area contributed by atoms with Crippen LogP contribution in [0, 0.1) is 0 Å². The number of ether oxygens (including phenoxy) is 1. The lowest BCUT2D eigenvalue weighted by Gasteiger charge is -2.19. The number of furan rings is 1. The van der Waals surface area contributed by atoms with Crippen LogP contribution in [-0.2, 0) is 21.8 Å². The van der Waals surface area contributed by atoms with Crippen LogP contribution in [0.3, 0.4) is 0 Å². The Hall–Kier alpha value is -0.940. The lowest BCUT2D eigenvalue weighted by atomic mass is 10.1. The van der Waals surface area contributed by atoms with E-state index in [0.29, 0.717) is 6.42 Å². The first kappa shape index (κ1) is 16.1. The van der Waals surface area contributed by atoms with Gasteiger partial charge >= 0.3 is 5.97 Å². The molecule has 0 radical (unpaired) electrons. The van der Waals surface area contributed by atoms with E-state index < -0.39 is 0 Å². The van der Waals surface area contributed by atoms with Crippen LogP contribution in [0.2, 0.25) is 0 Å². The summed E-state index contributed by atoms with van der Waals surface area (Å²) >= 11 is 1.67. The average molecular weight is 285 g/mol. The van der Waals surface area contributed by atoms with Gasteiger partial charge in [-0.15, -0.1) is 0 Å². The third-order valence-electron chi connectivity index (χ3n) is 2.43. The van der Waals surface area contributed by atoms with Crippen molar-refractivity contribution in [2.24, 2.45) is 0 Å². The van der Waals surface area contributed by atoms with Gasteiger partial charge in [0.2, 0.25) is 0 Å². The lowest BCUT2D eigenvalue weighted by molar-refractivity contribution is -0.140. The van der Waals surface area contributed by atoms with E-state index in [1.807, 2.05) is 12.1 Å². The summed E-state index contributed by atoms with van der Waals surface area (Å²) in [5, 5.41) is 3.38. The molecule has 0 aliphatic rings. The number of thioether (sulfide) groups is 1. The van der Waals surface area contributed by atoms with Crippen molar-refractivity contribution in [3.05, 3.63) is 23.7 Å². The Morgan fingerprint density at radius 3 is 2.68 bits per heavy atom. The van der Waals surface area contributed by atoms with Crippen LogP contribution in [0.15, 0.2) is 16.5 Å². The molecule has 0 fully saturated rings. The fourth-order valence-corrected chi connectivity index (χ4v) is 2.19. The van der Waals surface area contributed by atoms with Crippen LogP contribution in [0.5, 0.6) is 0 Å². The fraction of sp³-hybridized carbons (Fsp3) is 0.643. The number of hydrogen-bond donors (Lipinski definition) is 1. The molecule has 108 valence electrons. The molecule has 0 aliphatic carbocycles. The van der Waals surface area contributed by atoms with E-state index in [9.17, 15) is 4.79 Å². The summed E-state index contributed by atoms with van der Waals surface area (Å²) in [6.45, 7) is 7.11. The van der Waals surface area contributed by atoms with Crippen molar-refractivity contribution in [1.82, 2.24) is 5.32 Å². The van der Waals surface area contributed by atoms with Gasteiger partial charge in [0.1, 0.15) is 11.5 Å². The van der Waals surface area contributed by atoms with Gasteiger partial charge in [0.15, 0.2) is 0 Å². The summed E-state index contributed by atoms with van der Waals surface area (Å²) < 4.78 is 10.3. The second-order valence-corrected chi connectivity index (χ2v) is 6.46. The van der Waals surface area contributed by atoms with Crippen molar-refractivity contribution in [2.45, 2.75) is 45.0 Å². The minimum Gasteiger partial charge on any atom is -0.469 e. The first-order chi connectivity index (χ1) is 8.90. The summed E-state index contributed by atoms with van der Waals surface area (Å²) in [4.78, 5) is 10.9. The zero-order valence-electron chi connectivity index (χ0n) is 12.1. The van der Waals surface area contributed by atoms with E-state index in [1.54, 1.807) is 11.8 Å². The van der Waals surface area contributed by atoms with Gasteiger partial charge in [-0.2, -0.15) is 11.8 Å². The zero-order chi connectivity index (χ0) is 14.3. The molecule has 0 saturated heterocycles. The van der Waals surface area contributed by atoms with Crippen molar-refractivity contribution in [1.29, 1.82) is 0 Å². The number of rotatable bonds is 7. The Bertz CT molecular complexity index is 396. The predicted octanol–water partition coefficient (Wildman–Crippen LogP) is 2.96. The molecule has 1 heterocycles. The number of carbonyl (C=O) groups excluding carboxylic acids is 1. The summed E-state index contributed by atoms with van der Waals surface area (Å²) in [6.07, 6.45) is 0.445.